The second kappa shape index (κ2) is 10.1. The molecule has 8 nitrogen and oxygen atoms in total. The van der Waals surface area contributed by atoms with Gasteiger partial charge in [0.25, 0.3) is 0 Å². The predicted molar refractivity (Wildman–Crippen MR) is 107 cm³/mol. The lowest BCUT2D eigenvalue weighted by atomic mass is 9.90. The number of methoxy groups -OCH3 is 1. The summed E-state index contributed by atoms with van der Waals surface area (Å²) in [6.07, 6.45) is 3.97. The van der Waals surface area contributed by atoms with Crippen LogP contribution in [0, 0.1) is 5.92 Å². The summed E-state index contributed by atoms with van der Waals surface area (Å²) in [5.41, 5.74) is 1.77. The van der Waals surface area contributed by atoms with Gasteiger partial charge in [0.15, 0.2) is 0 Å². The number of carbonyl (C=O) groups is 2. The number of ether oxygens (including phenoxy) is 2. The molecule has 1 fully saturated rings. The number of amides is 1. The minimum atomic E-state index is -0.313. The number of rotatable bonds is 7. The molecule has 0 aliphatic carbocycles. The van der Waals surface area contributed by atoms with Crippen molar-refractivity contribution in [2.75, 3.05) is 32.1 Å². The van der Waals surface area contributed by atoms with E-state index in [9.17, 15) is 9.59 Å². The van der Waals surface area contributed by atoms with Gasteiger partial charge >= 0.3 is 5.97 Å². The van der Waals surface area contributed by atoms with Crippen LogP contribution < -0.4 is 15.4 Å². The molecule has 0 radical (unpaired) electrons. The van der Waals surface area contributed by atoms with Gasteiger partial charge < -0.3 is 20.1 Å². The van der Waals surface area contributed by atoms with E-state index in [4.69, 9.17) is 4.74 Å². The Morgan fingerprint density at radius 1 is 1.29 bits per heavy atom. The summed E-state index contributed by atoms with van der Waals surface area (Å²) in [5.74, 6) is 0.262. The standard InChI is InChI=1S/C19H24N4O4.ClH/c1-23-12-13(9-21-23)16-10-20-11-17(16)19(25)22-14-3-5-15(6-4-14)27-8-7-18(24)26-2;/h3-6,9,12,16-17,20H,7-8,10-11H2,1-2H3,(H,22,25);1H/t16-,17+;/m1./s1. The van der Waals surface area contributed by atoms with Crippen LogP contribution in [0.1, 0.15) is 17.9 Å². The highest BCUT2D eigenvalue weighted by Gasteiger charge is 2.34. The van der Waals surface area contributed by atoms with Crippen LogP contribution >= 0.6 is 12.4 Å². The first kappa shape index (κ1) is 21.7. The van der Waals surface area contributed by atoms with Gasteiger partial charge in [-0.3, -0.25) is 14.3 Å². The van der Waals surface area contributed by atoms with Gasteiger partial charge in [0.2, 0.25) is 5.91 Å². The number of aryl methyl sites for hydroxylation is 1. The van der Waals surface area contributed by atoms with E-state index in [-0.39, 0.29) is 49.1 Å². The number of anilines is 1. The maximum absolute atomic E-state index is 12.7. The third-order valence-electron chi connectivity index (χ3n) is 4.63. The first-order valence-electron chi connectivity index (χ1n) is 8.86. The highest BCUT2D eigenvalue weighted by molar-refractivity contribution is 5.93. The van der Waals surface area contributed by atoms with Crippen LogP contribution in [0.5, 0.6) is 5.75 Å². The third-order valence-corrected chi connectivity index (χ3v) is 4.63. The maximum atomic E-state index is 12.7. The van der Waals surface area contributed by atoms with Gasteiger partial charge in [0, 0.05) is 37.9 Å². The van der Waals surface area contributed by atoms with E-state index >= 15 is 0 Å². The number of nitrogens with one attached hydrogen (secondary N) is 2. The van der Waals surface area contributed by atoms with E-state index < -0.39 is 0 Å². The molecule has 3 rings (SSSR count). The summed E-state index contributed by atoms with van der Waals surface area (Å²) >= 11 is 0. The zero-order valence-corrected chi connectivity index (χ0v) is 16.7. The van der Waals surface area contributed by atoms with E-state index in [1.54, 1.807) is 28.9 Å². The van der Waals surface area contributed by atoms with Crippen molar-refractivity contribution in [2.24, 2.45) is 13.0 Å². The van der Waals surface area contributed by atoms with Gasteiger partial charge in [-0.1, -0.05) is 0 Å². The van der Waals surface area contributed by atoms with Crippen LogP contribution in [-0.4, -0.2) is 48.5 Å². The van der Waals surface area contributed by atoms with Crippen molar-refractivity contribution in [3.63, 3.8) is 0 Å². The number of carbonyl (C=O) groups excluding carboxylic acids is 2. The van der Waals surface area contributed by atoms with Crippen LogP contribution in [0.4, 0.5) is 5.69 Å². The number of halogens is 1. The van der Waals surface area contributed by atoms with E-state index in [2.05, 4.69) is 20.5 Å². The van der Waals surface area contributed by atoms with Gasteiger partial charge in [-0.05, 0) is 29.8 Å². The minimum Gasteiger partial charge on any atom is -0.493 e. The van der Waals surface area contributed by atoms with Gasteiger partial charge in [-0.25, -0.2) is 0 Å². The van der Waals surface area contributed by atoms with Crippen molar-refractivity contribution >= 4 is 30.0 Å². The predicted octanol–water partition coefficient (Wildman–Crippen LogP) is 1.73. The fraction of sp³-hybridized carbons (Fsp3) is 0.421. The van der Waals surface area contributed by atoms with Crippen LogP contribution in [-0.2, 0) is 21.4 Å². The lowest BCUT2D eigenvalue weighted by molar-refractivity contribution is -0.141. The van der Waals surface area contributed by atoms with Crippen LogP contribution in [0.3, 0.4) is 0 Å². The summed E-state index contributed by atoms with van der Waals surface area (Å²) in [4.78, 5) is 23.8. The second-order valence-corrected chi connectivity index (χ2v) is 6.51. The summed E-state index contributed by atoms with van der Waals surface area (Å²) in [6, 6.07) is 7.09. The molecule has 2 aromatic rings. The number of nitrogens with zero attached hydrogens (tertiary/aromatic N) is 2. The first-order valence-corrected chi connectivity index (χ1v) is 8.86. The van der Waals surface area contributed by atoms with Crippen LogP contribution in [0.2, 0.25) is 0 Å². The van der Waals surface area contributed by atoms with Crippen LogP contribution in [0.25, 0.3) is 0 Å². The van der Waals surface area contributed by atoms with Crippen molar-refractivity contribution in [1.82, 2.24) is 15.1 Å². The van der Waals surface area contributed by atoms with E-state index in [0.717, 1.165) is 12.1 Å². The average Bonchev–Trinajstić information content (AvgIpc) is 3.31. The van der Waals surface area contributed by atoms with Gasteiger partial charge in [-0.15, -0.1) is 12.4 Å². The van der Waals surface area contributed by atoms with Crippen molar-refractivity contribution in [2.45, 2.75) is 12.3 Å². The molecule has 1 amide bonds. The molecule has 2 N–H and O–H groups in total. The van der Waals surface area contributed by atoms with Crippen molar-refractivity contribution in [3.8, 4) is 5.75 Å². The van der Waals surface area contributed by atoms with Crippen LogP contribution in [0.15, 0.2) is 36.7 Å². The Kier molecular flexibility index (Phi) is 7.83. The molecule has 1 aliphatic rings. The zero-order valence-electron chi connectivity index (χ0n) is 15.9. The first-order chi connectivity index (χ1) is 13.1. The maximum Gasteiger partial charge on any atom is 0.308 e. The van der Waals surface area contributed by atoms with Gasteiger partial charge in [-0.2, -0.15) is 5.10 Å². The Morgan fingerprint density at radius 2 is 2.04 bits per heavy atom. The highest BCUT2D eigenvalue weighted by atomic mass is 35.5. The molecule has 0 bridgehead atoms. The molecule has 1 aromatic carbocycles. The number of aromatic nitrogens is 2. The summed E-state index contributed by atoms with van der Waals surface area (Å²) in [5, 5.41) is 10.5. The van der Waals surface area contributed by atoms with Crippen molar-refractivity contribution < 1.29 is 19.1 Å². The SMILES string of the molecule is COC(=O)CCOc1ccc(NC(=O)[C@H]2CNC[C@@H]2c2cnn(C)c2)cc1.Cl. The highest BCUT2D eigenvalue weighted by Crippen LogP contribution is 2.29. The Labute approximate surface area is 170 Å². The Morgan fingerprint density at radius 3 is 2.68 bits per heavy atom. The van der Waals surface area contributed by atoms with Crippen molar-refractivity contribution in [1.29, 1.82) is 0 Å². The van der Waals surface area contributed by atoms with E-state index in [1.165, 1.54) is 7.11 Å². The van der Waals surface area contributed by atoms with E-state index in [1.807, 2.05) is 19.4 Å². The second-order valence-electron chi connectivity index (χ2n) is 6.51. The van der Waals surface area contributed by atoms with E-state index in [0.29, 0.717) is 18.0 Å². The minimum absolute atomic E-state index is 0. The molecule has 9 heteroatoms. The van der Waals surface area contributed by atoms with Gasteiger partial charge in [0.1, 0.15) is 5.75 Å². The molecular formula is C19H25ClN4O4. The molecular weight excluding hydrogens is 384 g/mol. The molecule has 0 unspecified atom stereocenters. The molecule has 28 heavy (non-hydrogen) atoms. The smallest absolute Gasteiger partial charge is 0.308 e. The number of hydrogen-bond donors (Lipinski definition) is 2. The molecule has 152 valence electrons. The lowest BCUT2D eigenvalue weighted by Crippen LogP contribution is -2.28. The lowest BCUT2D eigenvalue weighted by Gasteiger charge is -2.17. The molecule has 2 atom stereocenters. The monoisotopic (exact) mass is 408 g/mol. The summed E-state index contributed by atoms with van der Waals surface area (Å²) < 4.78 is 11.8. The number of hydrogen-bond acceptors (Lipinski definition) is 6. The molecule has 1 saturated heterocycles. The average molecular weight is 409 g/mol. The molecule has 2 heterocycles. The van der Waals surface area contributed by atoms with Crippen molar-refractivity contribution in [3.05, 3.63) is 42.2 Å². The third kappa shape index (κ3) is 5.46. The fourth-order valence-electron chi connectivity index (χ4n) is 3.16. The largest absolute Gasteiger partial charge is 0.493 e. The molecule has 1 aromatic heterocycles. The Balaban J connectivity index is 0.00000280. The summed E-state index contributed by atoms with van der Waals surface area (Å²) in [6.45, 7) is 1.65. The summed E-state index contributed by atoms with van der Waals surface area (Å²) in [7, 11) is 3.22. The number of esters is 1. The fourth-order valence-corrected chi connectivity index (χ4v) is 3.16. The quantitative estimate of drug-likeness (QED) is 0.677. The zero-order chi connectivity index (χ0) is 19.2. The number of benzene rings is 1. The molecule has 0 spiro atoms. The Hall–Kier alpha value is -2.58. The molecule has 1 aliphatic heterocycles. The van der Waals surface area contributed by atoms with Gasteiger partial charge in [0.05, 0.1) is 32.3 Å². The Bertz CT molecular complexity index is 793. The molecule has 0 saturated carbocycles. The topological polar surface area (TPSA) is 94.5 Å². The normalized spacial score (nSPS) is 18.2.